The summed E-state index contributed by atoms with van der Waals surface area (Å²) in [4.78, 5) is 4.85. The van der Waals surface area contributed by atoms with Crippen molar-refractivity contribution in [3.63, 3.8) is 0 Å². The Morgan fingerprint density at radius 1 is 0.913 bits per heavy atom. The second-order valence-corrected chi connectivity index (χ2v) is 7.89. The first-order valence-electron chi connectivity index (χ1n) is 7.50. The predicted octanol–water partition coefficient (Wildman–Crippen LogP) is 3.82. The molecule has 23 heavy (non-hydrogen) atoms. The molecule has 0 amide bonds. The molecule has 0 bridgehead atoms. The summed E-state index contributed by atoms with van der Waals surface area (Å²) in [5.41, 5.74) is 5.79. The zero-order chi connectivity index (χ0) is 16.9. The average molecular weight is 328 g/mol. The van der Waals surface area contributed by atoms with Crippen LogP contribution < -0.4 is 0 Å². The zero-order valence-electron chi connectivity index (χ0n) is 14.0. The highest BCUT2D eigenvalue weighted by molar-refractivity contribution is 7.90. The normalized spacial score (nSPS) is 12.0. The van der Waals surface area contributed by atoms with Gasteiger partial charge in [0.2, 0.25) is 0 Å². The molecule has 0 aliphatic rings. The molecule has 2 heterocycles. The molecule has 2 aromatic heterocycles. The number of nitrogens with zero attached hydrogens (tertiary/aromatic N) is 2. The van der Waals surface area contributed by atoms with Gasteiger partial charge in [-0.15, -0.1) is 0 Å². The van der Waals surface area contributed by atoms with Crippen molar-refractivity contribution in [2.24, 2.45) is 0 Å². The summed E-state index contributed by atoms with van der Waals surface area (Å²) in [5, 5.41) is 0. The molecule has 3 aromatic rings. The Morgan fingerprint density at radius 3 is 2.13 bits per heavy atom. The molecule has 0 saturated heterocycles. The first-order chi connectivity index (χ1) is 10.7. The monoisotopic (exact) mass is 328 g/mol. The van der Waals surface area contributed by atoms with Gasteiger partial charge in [0.25, 0.3) is 10.0 Å². The Labute approximate surface area is 136 Å². The highest BCUT2D eigenvalue weighted by atomic mass is 32.2. The van der Waals surface area contributed by atoms with Gasteiger partial charge in [0.05, 0.1) is 15.9 Å². The third-order valence-electron chi connectivity index (χ3n) is 4.20. The van der Waals surface area contributed by atoms with Crippen molar-refractivity contribution in [1.82, 2.24) is 8.96 Å². The van der Waals surface area contributed by atoms with Crippen molar-refractivity contribution in [3.05, 3.63) is 58.4 Å². The van der Waals surface area contributed by atoms with E-state index >= 15 is 0 Å². The lowest BCUT2D eigenvalue weighted by Gasteiger charge is -2.14. The standard InChI is InChI=1S/C18H20N2O2S/c1-11-8-13(3)18(14(4)9-11)23(21,22)20-7-6-16-17(20)10-12(2)15(5)19-16/h6-10H,1-5H3. The highest BCUT2D eigenvalue weighted by Gasteiger charge is 2.24. The minimum atomic E-state index is -3.65. The molecule has 1 aromatic carbocycles. The molecule has 0 saturated carbocycles. The summed E-state index contributed by atoms with van der Waals surface area (Å²) < 4.78 is 27.7. The maximum absolute atomic E-state index is 13.2. The van der Waals surface area contributed by atoms with Crippen LogP contribution in [0.2, 0.25) is 0 Å². The number of hydrogen-bond acceptors (Lipinski definition) is 3. The molecule has 4 nitrogen and oxygen atoms in total. The fourth-order valence-electron chi connectivity index (χ4n) is 3.11. The van der Waals surface area contributed by atoms with E-state index in [2.05, 4.69) is 4.98 Å². The van der Waals surface area contributed by atoms with Gasteiger partial charge in [-0.3, -0.25) is 4.98 Å². The third kappa shape index (κ3) is 2.45. The van der Waals surface area contributed by atoms with E-state index in [4.69, 9.17) is 0 Å². The maximum atomic E-state index is 13.2. The van der Waals surface area contributed by atoms with E-state index in [1.807, 2.05) is 52.8 Å². The number of rotatable bonds is 2. The lowest BCUT2D eigenvalue weighted by atomic mass is 10.1. The molecule has 0 N–H and O–H groups in total. The molecule has 0 aliphatic heterocycles. The molecule has 0 atom stereocenters. The quantitative estimate of drug-likeness (QED) is 0.718. The Hall–Kier alpha value is -2.14. The lowest BCUT2D eigenvalue weighted by molar-refractivity contribution is 0.587. The van der Waals surface area contributed by atoms with Crippen LogP contribution in [-0.4, -0.2) is 17.4 Å². The van der Waals surface area contributed by atoms with Gasteiger partial charge in [0.15, 0.2) is 0 Å². The van der Waals surface area contributed by atoms with Crippen LogP contribution in [0.4, 0.5) is 0 Å². The number of pyridine rings is 1. The third-order valence-corrected chi connectivity index (χ3v) is 6.20. The van der Waals surface area contributed by atoms with Gasteiger partial charge < -0.3 is 0 Å². The lowest BCUT2D eigenvalue weighted by Crippen LogP contribution is -2.15. The topological polar surface area (TPSA) is 52.0 Å². The van der Waals surface area contributed by atoms with E-state index in [9.17, 15) is 8.42 Å². The number of aryl methyl sites for hydroxylation is 5. The predicted molar refractivity (Wildman–Crippen MR) is 92.4 cm³/mol. The molecule has 0 aliphatic carbocycles. The van der Waals surface area contributed by atoms with Gasteiger partial charge in [0.1, 0.15) is 0 Å². The minimum Gasteiger partial charge on any atom is -0.251 e. The van der Waals surface area contributed by atoms with Gasteiger partial charge in [-0.2, -0.15) is 0 Å². The molecule has 3 rings (SSSR count). The van der Waals surface area contributed by atoms with E-state index in [-0.39, 0.29) is 0 Å². The van der Waals surface area contributed by atoms with E-state index in [0.29, 0.717) is 15.9 Å². The Bertz CT molecular complexity index is 1010. The van der Waals surface area contributed by atoms with E-state index in [1.54, 1.807) is 12.3 Å². The summed E-state index contributed by atoms with van der Waals surface area (Å²) >= 11 is 0. The molecule has 120 valence electrons. The van der Waals surface area contributed by atoms with Crippen molar-refractivity contribution >= 4 is 21.1 Å². The average Bonchev–Trinajstić information content (AvgIpc) is 2.81. The fourth-order valence-corrected chi connectivity index (χ4v) is 4.86. The molecule has 0 radical (unpaired) electrons. The molecule has 5 heteroatoms. The summed E-state index contributed by atoms with van der Waals surface area (Å²) in [7, 11) is -3.65. The first kappa shape index (κ1) is 15.7. The van der Waals surface area contributed by atoms with E-state index in [1.165, 1.54) is 3.97 Å². The minimum absolute atomic E-state index is 0.374. The Balaban J connectivity index is 2.32. The van der Waals surface area contributed by atoms with Crippen LogP contribution in [0.3, 0.4) is 0 Å². The largest absolute Gasteiger partial charge is 0.268 e. The molecule has 0 spiro atoms. The summed E-state index contributed by atoms with van der Waals surface area (Å²) in [6.45, 7) is 9.51. The Morgan fingerprint density at radius 2 is 1.52 bits per heavy atom. The van der Waals surface area contributed by atoms with Crippen LogP contribution in [0.15, 0.2) is 35.4 Å². The number of benzene rings is 1. The zero-order valence-corrected chi connectivity index (χ0v) is 14.8. The molecular weight excluding hydrogens is 308 g/mol. The summed E-state index contributed by atoms with van der Waals surface area (Å²) in [6, 6.07) is 7.44. The summed E-state index contributed by atoms with van der Waals surface area (Å²) in [6.07, 6.45) is 1.59. The van der Waals surface area contributed by atoms with Crippen molar-refractivity contribution < 1.29 is 8.42 Å². The van der Waals surface area contributed by atoms with Crippen LogP contribution in [-0.2, 0) is 10.0 Å². The second-order valence-electron chi connectivity index (χ2n) is 6.14. The molecular formula is C18H20N2O2S. The van der Waals surface area contributed by atoms with E-state index < -0.39 is 10.0 Å². The highest BCUT2D eigenvalue weighted by Crippen LogP contribution is 2.27. The van der Waals surface area contributed by atoms with Crippen molar-refractivity contribution in [2.75, 3.05) is 0 Å². The van der Waals surface area contributed by atoms with Crippen LogP contribution in [0.25, 0.3) is 11.0 Å². The van der Waals surface area contributed by atoms with Gasteiger partial charge in [-0.05, 0) is 63.4 Å². The van der Waals surface area contributed by atoms with Crippen LogP contribution in [0, 0.1) is 34.6 Å². The van der Waals surface area contributed by atoms with Crippen LogP contribution in [0.1, 0.15) is 27.9 Å². The van der Waals surface area contributed by atoms with Gasteiger partial charge in [0, 0.05) is 11.9 Å². The number of hydrogen-bond donors (Lipinski definition) is 0. The Kier molecular flexibility index (Phi) is 3.56. The number of aromatic nitrogens is 2. The number of fused-ring (bicyclic) bond motifs is 1. The smallest absolute Gasteiger partial charge is 0.251 e. The van der Waals surface area contributed by atoms with Crippen molar-refractivity contribution in [1.29, 1.82) is 0 Å². The van der Waals surface area contributed by atoms with Crippen molar-refractivity contribution in [3.8, 4) is 0 Å². The maximum Gasteiger partial charge on any atom is 0.268 e. The fraction of sp³-hybridized carbons (Fsp3) is 0.278. The van der Waals surface area contributed by atoms with Gasteiger partial charge in [-0.25, -0.2) is 12.4 Å². The van der Waals surface area contributed by atoms with E-state index in [0.717, 1.165) is 27.9 Å². The van der Waals surface area contributed by atoms with Gasteiger partial charge in [-0.1, -0.05) is 17.7 Å². The van der Waals surface area contributed by atoms with Crippen molar-refractivity contribution in [2.45, 2.75) is 39.5 Å². The van der Waals surface area contributed by atoms with Gasteiger partial charge >= 0.3 is 0 Å². The summed E-state index contributed by atoms with van der Waals surface area (Å²) in [5.74, 6) is 0. The second kappa shape index (κ2) is 5.20. The molecule has 0 unspecified atom stereocenters. The van der Waals surface area contributed by atoms with Crippen LogP contribution in [0.5, 0.6) is 0 Å². The molecule has 0 fully saturated rings. The SMILES string of the molecule is Cc1cc(C)c(S(=O)(=O)n2ccc3nc(C)c(C)cc32)c(C)c1. The van der Waals surface area contributed by atoms with Crippen LogP contribution >= 0.6 is 0 Å². The first-order valence-corrected chi connectivity index (χ1v) is 8.94.